The molecule has 0 amide bonds. The largest absolute Gasteiger partial charge is 0.321 e. The highest BCUT2D eigenvalue weighted by Crippen LogP contribution is 2.14. The van der Waals surface area contributed by atoms with Crippen molar-refractivity contribution in [3.63, 3.8) is 0 Å². The van der Waals surface area contributed by atoms with E-state index >= 15 is 0 Å². The Bertz CT molecular complexity index is 524. The molecule has 0 heterocycles. The van der Waals surface area contributed by atoms with E-state index in [1.807, 2.05) is 30.3 Å². The molecule has 0 fully saturated rings. The van der Waals surface area contributed by atoms with Crippen molar-refractivity contribution in [2.24, 2.45) is 0 Å². The Balaban J connectivity index is 3.60. The van der Waals surface area contributed by atoms with E-state index in [9.17, 15) is 4.79 Å². The molecule has 0 aliphatic rings. The predicted octanol–water partition coefficient (Wildman–Crippen LogP) is 4.22. The van der Waals surface area contributed by atoms with Gasteiger partial charge in [-0.3, -0.25) is 14.3 Å². The fraction of sp³-hybridized carbons (Fsp3) is 0.600. The molecule has 1 aromatic rings. The third-order valence-electron chi connectivity index (χ3n) is 3.95. The van der Waals surface area contributed by atoms with Crippen molar-refractivity contribution in [3.05, 3.63) is 35.9 Å². The summed E-state index contributed by atoms with van der Waals surface area (Å²) in [5, 5.41) is 0. The monoisotopic (exact) mass is 317 g/mol. The topological polar surface area (TPSA) is 23.3 Å². The lowest BCUT2D eigenvalue weighted by Gasteiger charge is -2.30. The van der Waals surface area contributed by atoms with Crippen LogP contribution in [0.4, 0.5) is 0 Å². The highest BCUT2D eigenvalue weighted by atomic mass is 16.1. The van der Waals surface area contributed by atoms with Gasteiger partial charge in [0.25, 0.3) is 5.78 Å². The van der Waals surface area contributed by atoms with Gasteiger partial charge >= 0.3 is 5.84 Å². The SMILES string of the molecule is CC(C)N(C(C(=O)c1ccccc1)=[N+](C(C)C)C(C)C)C(C)C. The third kappa shape index (κ3) is 4.66. The number of amidine groups is 1. The lowest BCUT2D eigenvalue weighted by atomic mass is 10.1. The average Bonchev–Trinajstić information content (AvgIpc) is 2.45. The van der Waals surface area contributed by atoms with Gasteiger partial charge in [-0.2, -0.15) is 0 Å². The molecule has 0 N–H and O–H groups in total. The fourth-order valence-corrected chi connectivity index (χ4v) is 3.26. The molecule has 1 rings (SSSR count). The van der Waals surface area contributed by atoms with Crippen LogP contribution in [0.1, 0.15) is 65.7 Å². The summed E-state index contributed by atoms with van der Waals surface area (Å²) in [6.07, 6.45) is 0. The van der Waals surface area contributed by atoms with Gasteiger partial charge in [0.05, 0.1) is 24.2 Å². The highest BCUT2D eigenvalue weighted by Gasteiger charge is 2.36. The second-order valence-electron chi connectivity index (χ2n) is 7.21. The molecule has 1 aromatic carbocycles. The summed E-state index contributed by atoms with van der Waals surface area (Å²) in [7, 11) is 0. The third-order valence-corrected chi connectivity index (χ3v) is 3.95. The zero-order chi connectivity index (χ0) is 17.7. The number of hydrogen-bond acceptors (Lipinski definition) is 1. The summed E-state index contributed by atoms with van der Waals surface area (Å²) in [5.74, 6) is 0.918. The molecule has 0 aromatic heterocycles. The van der Waals surface area contributed by atoms with Crippen LogP contribution < -0.4 is 0 Å². The lowest BCUT2D eigenvalue weighted by molar-refractivity contribution is -0.590. The van der Waals surface area contributed by atoms with E-state index in [-0.39, 0.29) is 30.0 Å². The smallest absolute Gasteiger partial charge is 0.280 e. The molecule has 0 unspecified atom stereocenters. The summed E-state index contributed by atoms with van der Waals surface area (Å²) in [4.78, 5) is 15.6. The van der Waals surface area contributed by atoms with E-state index in [1.165, 1.54) is 0 Å². The van der Waals surface area contributed by atoms with Gasteiger partial charge in [-0.15, -0.1) is 0 Å². The Morgan fingerprint density at radius 3 is 1.61 bits per heavy atom. The normalized spacial score (nSPS) is 11.5. The Hall–Kier alpha value is -1.64. The number of Topliss-reactive ketones (excluding diaryl/α,β-unsaturated/α-hetero) is 1. The van der Waals surface area contributed by atoms with E-state index < -0.39 is 0 Å². The first-order chi connectivity index (χ1) is 10.7. The second kappa shape index (κ2) is 8.28. The summed E-state index contributed by atoms with van der Waals surface area (Å²) in [6.45, 7) is 17.2. The van der Waals surface area contributed by atoms with E-state index in [0.29, 0.717) is 0 Å². The van der Waals surface area contributed by atoms with Crippen LogP contribution in [0.5, 0.6) is 0 Å². The summed E-state index contributed by atoms with van der Waals surface area (Å²) < 4.78 is 2.25. The van der Waals surface area contributed by atoms with E-state index in [4.69, 9.17) is 0 Å². The number of carbonyl (C=O) groups excluding carboxylic acids is 1. The molecule has 0 spiro atoms. The van der Waals surface area contributed by atoms with Gasteiger partial charge in [-0.05, 0) is 55.4 Å². The number of ketones is 1. The minimum absolute atomic E-state index is 0.107. The van der Waals surface area contributed by atoms with Gasteiger partial charge in [0.1, 0.15) is 0 Å². The van der Waals surface area contributed by atoms with Crippen LogP contribution in [0, 0.1) is 0 Å². The maximum absolute atomic E-state index is 13.3. The molecule has 3 nitrogen and oxygen atoms in total. The van der Waals surface area contributed by atoms with E-state index in [2.05, 4.69) is 64.9 Å². The van der Waals surface area contributed by atoms with Crippen LogP contribution in [0.15, 0.2) is 30.3 Å². The minimum Gasteiger partial charge on any atom is -0.280 e. The molecule has 23 heavy (non-hydrogen) atoms. The molecule has 0 bridgehead atoms. The Kier molecular flexibility index (Phi) is 6.99. The highest BCUT2D eigenvalue weighted by molar-refractivity contribution is 6.43. The van der Waals surface area contributed by atoms with E-state index in [0.717, 1.165) is 11.4 Å². The summed E-state index contributed by atoms with van der Waals surface area (Å²) in [6, 6.07) is 10.6. The zero-order valence-electron chi connectivity index (χ0n) is 16.0. The van der Waals surface area contributed by atoms with Crippen LogP contribution in [0.2, 0.25) is 0 Å². The number of nitrogens with zero attached hydrogens (tertiary/aromatic N) is 2. The van der Waals surface area contributed by atoms with Crippen molar-refractivity contribution in [3.8, 4) is 0 Å². The fourth-order valence-electron chi connectivity index (χ4n) is 3.26. The molecule has 3 heteroatoms. The molecule has 0 saturated heterocycles. The van der Waals surface area contributed by atoms with Crippen molar-refractivity contribution < 1.29 is 9.37 Å². The molecule has 0 radical (unpaired) electrons. The maximum Gasteiger partial charge on any atom is 0.321 e. The first-order valence-electron chi connectivity index (χ1n) is 8.71. The van der Waals surface area contributed by atoms with Crippen LogP contribution in [0.3, 0.4) is 0 Å². The molecule has 0 saturated carbocycles. The molecule has 0 aliphatic heterocycles. The van der Waals surface area contributed by atoms with Crippen molar-refractivity contribution in [1.82, 2.24) is 4.90 Å². The molecular weight excluding hydrogens is 284 g/mol. The molecule has 0 atom stereocenters. The van der Waals surface area contributed by atoms with Crippen LogP contribution in [-0.2, 0) is 0 Å². The van der Waals surface area contributed by atoms with Gasteiger partial charge in [0.15, 0.2) is 0 Å². The Labute approximate surface area is 142 Å². The number of benzene rings is 1. The second-order valence-corrected chi connectivity index (χ2v) is 7.21. The maximum atomic E-state index is 13.3. The van der Waals surface area contributed by atoms with Crippen LogP contribution >= 0.6 is 0 Å². The molecule has 0 aliphatic carbocycles. The van der Waals surface area contributed by atoms with Crippen LogP contribution in [0.25, 0.3) is 0 Å². The van der Waals surface area contributed by atoms with Gasteiger partial charge in [-0.25, -0.2) is 0 Å². The summed E-state index contributed by atoms with van der Waals surface area (Å²) >= 11 is 0. The van der Waals surface area contributed by atoms with Gasteiger partial charge < -0.3 is 0 Å². The standard InChI is InChI=1S/C20H33N2O/c1-14(2)21(15(3)4)20(22(16(5)6)17(7)8)19(23)18-12-10-9-11-13-18/h9-17H,1-8H3/q+1. The summed E-state index contributed by atoms with van der Waals surface area (Å²) in [5.41, 5.74) is 0.750. The van der Waals surface area contributed by atoms with Gasteiger partial charge in [0.2, 0.25) is 0 Å². The first kappa shape index (κ1) is 19.4. The number of hydrogen-bond donors (Lipinski definition) is 0. The minimum atomic E-state index is 0.107. The number of carbonyl (C=O) groups is 1. The zero-order valence-corrected chi connectivity index (χ0v) is 16.0. The van der Waals surface area contributed by atoms with Crippen molar-refractivity contribution >= 4 is 11.6 Å². The Morgan fingerprint density at radius 2 is 1.26 bits per heavy atom. The molecular formula is C20H33N2O+. The van der Waals surface area contributed by atoms with Gasteiger partial charge in [-0.1, -0.05) is 30.3 Å². The average molecular weight is 317 g/mol. The quantitative estimate of drug-likeness (QED) is 0.339. The van der Waals surface area contributed by atoms with Crippen molar-refractivity contribution in [2.45, 2.75) is 79.6 Å². The molecule has 128 valence electrons. The van der Waals surface area contributed by atoms with Crippen molar-refractivity contribution in [1.29, 1.82) is 0 Å². The predicted molar refractivity (Wildman–Crippen MR) is 98.4 cm³/mol. The Morgan fingerprint density at radius 1 is 0.826 bits per heavy atom. The van der Waals surface area contributed by atoms with Crippen molar-refractivity contribution in [2.75, 3.05) is 0 Å². The number of rotatable bonds is 6. The lowest BCUT2D eigenvalue weighted by Crippen LogP contribution is -2.52. The van der Waals surface area contributed by atoms with Gasteiger partial charge in [0, 0.05) is 5.56 Å². The van der Waals surface area contributed by atoms with Crippen LogP contribution in [-0.4, -0.2) is 45.3 Å². The first-order valence-corrected chi connectivity index (χ1v) is 8.71. The van der Waals surface area contributed by atoms with E-state index in [1.54, 1.807) is 0 Å².